The van der Waals surface area contributed by atoms with Gasteiger partial charge in [0, 0.05) is 24.5 Å². The van der Waals surface area contributed by atoms with Gasteiger partial charge in [-0.1, -0.05) is 48.0 Å². The Bertz CT molecular complexity index is 1220. The Morgan fingerprint density at radius 2 is 1.77 bits per heavy atom. The largest absolute Gasteiger partial charge is 0.349 e. The number of rotatable bonds is 5. The zero-order valence-corrected chi connectivity index (χ0v) is 20.5. The summed E-state index contributed by atoms with van der Waals surface area (Å²) in [6, 6.07) is 19.8. The summed E-state index contributed by atoms with van der Waals surface area (Å²) in [4.78, 5) is 34.3. The van der Waals surface area contributed by atoms with Crippen LogP contribution in [-0.2, 0) is 6.54 Å². The van der Waals surface area contributed by atoms with Gasteiger partial charge in [0.15, 0.2) is 0 Å². The minimum absolute atomic E-state index is 0.0225. The van der Waals surface area contributed by atoms with Gasteiger partial charge in [-0.2, -0.15) is 0 Å². The van der Waals surface area contributed by atoms with E-state index in [-0.39, 0.29) is 18.0 Å². The van der Waals surface area contributed by atoms with Crippen LogP contribution in [0, 0.1) is 12.8 Å². The highest BCUT2D eigenvalue weighted by Gasteiger charge is 2.34. The van der Waals surface area contributed by atoms with Crippen molar-refractivity contribution in [2.45, 2.75) is 45.2 Å². The summed E-state index contributed by atoms with van der Waals surface area (Å²) in [6.45, 7) is 3.07. The number of hydrogen-bond acceptors (Lipinski definition) is 3. The average molecular weight is 489 g/mol. The van der Waals surface area contributed by atoms with Crippen molar-refractivity contribution >= 4 is 34.9 Å². The lowest BCUT2D eigenvalue weighted by Gasteiger charge is -2.40. The van der Waals surface area contributed by atoms with Gasteiger partial charge in [0.2, 0.25) is 0 Å². The van der Waals surface area contributed by atoms with E-state index in [2.05, 4.69) is 16.4 Å². The van der Waals surface area contributed by atoms with Crippen LogP contribution in [0.4, 0.5) is 16.2 Å². The second kappa shape index (κ2) is 10.1. The average Bonchev–Trinajstić information content (AvgIpc) is 2.88. The predicted octanol–water partition coefficient (Wildman–Crippen LogP) is 5.98. The molecule has 1 saturated carbocycles. The molecule has 0 atom stereocenters. The third-order valence-electron chi connectivity index (χ3n) is 7.06. The van der Waals surface area contributed by atoms with Crippen molar-refractivity contribution in [2.24, 2.45) is 5.92 Å². The summed E-state index contributed by atoms with van der Waals surface area (Å²) in [7, 11) is 0. The fourth-order valence-electron chi connectivity index (χ4n) is 5.13. The van der Waals surface area contributed by atoms with Crippen LogP contribution in [0.15, 0.2) is 66.9 Å². The van der Waals surface area contributed by atoms with Crippen molar-refractivity contribution in [1.82, 2.24) is 10.3 Å². The number of hydrogen-bond donors (Lipinski definition) is 1. The highest BCUT2D eigenvalue weighted by atomic mass is 35.5. The van der Waals surface area contributed by atoms with Crippen molar-refractivity contribution in [3.05, 3.63) is 88.7 Å². The van der Waals surface area contributed by atoms with E-state index in [1.165, 1.54) is 0 Å². The molecule has 1 aliphatic carbocycles. The number of fused-ring (bicyclic) bond motifs is 1. The Hall–Kier alpha value is -3.38. The van der Waals surface area contributed by atoms with Crippen molar-refractivity contribution in [1.29, 1.82) is 0 Å². The Morgan fingerprint density at radius 1 is 1.06 bits per heavy atom. The van der Waals surface area contributed by atoms with Crippen LogP contribution in [-0.4, -0.2) is 29.5 Å². The molecule has 7 heteroatoms. The molecule has 1 fully saturated rings. The Kier molecular flexibility index (Phi) is 6.73. The number of carbonyl (C=O) groups is 2. The maximum atomic E-state index is 13.6. The molecule has 1 N–H and O–H groups in total. The van der Waals surface area contributed by atoms with E-state index in [1.54, 1.807) is 12.3 Å². The molecule has 180 valence electrons. The molecule has 35 heavy (non-hydrogen) atoms. The van der Waals surface area contributed by atoms with E-state index in [1.807, 2.05) is 65.3 Å². The number of nitrogens with zero attached hydrogens (tertiary/aromatic N) is 3. The Morgan fingerprint density at radius 3 is 2.54 bits per heavy atom. The lowest BCUT2D eigenvalue weighted by atomic mass is 9.85. The topological polar surface area (TPSA) is 65.5 Å². The first kappa shape index (κ1) is 23.4. The van der Waals surface area contributed by atoms with E-state index in [4.69, 9.17) is 11.6 Å². The molecule has 3 aromatic rings. The highest BCUT2D eigenvalue weighted by molar-refractivity contribution is 6.30. The van der Waals surface area contributed by atoms with Gasteiger partial charge in [0.05, 0.1) is 28.5 Å². The molecule has 1 aromatic heterocycles. The van der Waals surface area contributed by atoms with Gasteiger partial charge in [-0.3, -0.25) is 19.6 Å². The number of anilines is 2. The molecular weight excluding hydrogens is 460 g/mol. The minimum Gasteiger partial charge on any atom is -0.349 e. The SMILES string of the molecule is Cc1ncc(Cl)cc1C(=O)NC1CCC(CN2C(=O)N(c3ccccc3)Cc3ccccc32)CC1. The number of pyridine rings is 1. The van der Waals surface area contributed by atoms with E-state index in [9.17, 15) is 9.59 Å². The molecule has 0 bridgehead atoms. The van der Waals surface area contributed by atoms with Gasteiger partial charge in [-0.25, -0.2) is 4.79 Å². The minimum atomic E-state index is -0.125. The lowest BCUT2D eigenvalue weighted by Crippen LogP contribution is -2.49. The monoisotopic (exact) mass is 488 g/mol. The fraction of sp³-hybridized carbons (Fsp3) is 0.321. The summed E-state index contributed by atoms with van der Waals surface area (Å²) in [6.07, 6.45) is 5.23. The molecule has 2 aromatic carbocycles. The summed E-state index contributed by atoms with van der Waals surface area (Å²) in [5.41, 5.74) is 4.27. The molecule has 0 saturated heterocycles. The summed E-state index contributed by atoms with van der Waals surface area (Å²) in [5, 5.41) is 3.61. The van der Waals surface area contributed by atoms with Crippen LogP contribution in [0.3, 0.4) is 0 Å². The van der Waals surface area contributed by atoms with E-state index in [0.29, 0.717) is 35.3 Å². The van der Waals surface area contributed by atoms with Crippen LogP contribution in [0.1, 0.15) is 47.3 Å². The van der Waals surface area contributed by atoms with Gasteiger partial charge in [-0.15, -0.1) is 0 Å². The van der Waals surface area contributed by atoms with Gasteiger partial charge in [-0.05, 0) is 68.4 Å². The zero-order valence-electron chi connectivity index (χ0n) is 19.8. The summed E-state index contributed by atoms with van der Waals surface area (Å²) in [5.74, 6) is 0.255. The number of benzene rings is 2. The quantitative estimate of drug-likeness (QED) is 0.480. The molecule has 1 aliphatic heterocycles. The third kappa shape index (κ3) is 5.03. The number of para-hydroxylation sites is 2. The molecule has 0 unspecified atom stereocenters. The molecule has 6 nitrogen and oxygen atoms in total. The van der Waals surface area contributed by atoms with E-state index in [0.717, 1.165) is 42.6 Å². The Balaban J connectivity index is 1.25. The maximum Gasteiger partial charge on any atom is 0.329 e. The highest BCUT2D eigenvalue weighted by Crippen LogP contribution is 2.34. The zero-order chi connectivity index (χ0) is 24.4. The first-order chi connectivity index (χ1) is 17.0. The molecule has 0 spiro atoms. The van der Waals surface area contributed by atoms with Crippen molar-refractivity contribution in [3.63, 3.8) is 0 Å². The van der Waals surface area contributed by atoms with Crippen LogP contribution in [0.5, 0.6) is 0 Å². The maximum absolute atomic E-state index is 13.6. The van der Waals surface area contributed by atoms with E-state index >= 15 is 0 Å². The second-order valence-corrected chi connectivity index (χ2v) is 9.86. The van der Waals surface area contributed by atoms with Gasteiger partial charge >= 0.3 is 6.03 Å². The van der Waals surface area contributed by atoms with Crippen molar-refractivity contribution in [2.75, 3.05) is 16.3 Å². The van der Waals surface area contributed by atoms with E-state index < -0.39 is 0 Å². The molecule has 3 amide bonds. The van der Waals surface area contributed by atoms with Crippen molar-refractivity contribution in [3.8, 4) is 0 Å². The lowest BCUT2D eigenvalue weighted by molar-refractivity contribution is 0.0921. The number of aryl methyl sites for hydroxylation is 1. The molecule has 2 aliphatic rings. The molecule has 5 rings (SSSR count). The van der Waals surface area contributed by atoms with Crippen LogP contribution in [0.2, 0.25) is 5.02 Å². The van der Waals surface area contributed by atoms with Gasteiger partial charge in [0.25, 0.3) is 5.91 Å². The third-order valence-corrected chi connectivity index (χ3v) is 7.27. The molecular formula is C28H29ClN4O2. The summed E-state index contributed by atoms with van der Waals surface area (Å²) >= 11 is 6.03. The van der Waals surface area contributed by atoms with Gasteiger partial charge in [0.1, 0.15) is 0 Å². The number of nitrogens with one attached hydrogen (secondary N) is 1. The molecule has 0 radical (unpaired) electrons. The number of carbonyl (C=O) groups excluding carboxylic acids is 2. The smallest absolute Gasteiger partial charge is 0.329 e. The van der Waals surface area contributed by atoms with Crippen LogP contribution >= 0.6 is 11.6 Å². The molecule has 2 heterocycles. The second-order valence-electron chi connectivity index (χ2n) is 9.42. The number of halogens is 1. The van der Waals surface area contributed by atoms with Crippen molar-refractivity contribution < 1.29 is 9.59 Å². The Labute approximate surface area is 210 Å². The first-order valence-corrected chi connectivity index (χ1v) is 12.5. The fourth-order valence-corrected chi connectivity index (χ4v) is 5.29. The number of amides is 3. The standard InChI is InChI=1S/C28H29ClN4O2/c1-19-25(15-22(29)16-30-19)27(34)31-23-13-11-20(12-14-23)17-33-26-10-6-5-7-21(26)18-32(28(33)35)24-8-3-2-4-9-24/h2-10,15-16,20,23H,11-14,17-18H2,1H3,(H,31,34). The normalized spacial score (nSPS) is 19.9. The number of aromatic nitrogens is 1. The first-order valence-electron chi connectivity index (χ1n) is 12.1. The van der Waals surface area contributed by atoms with Gasteiger partial charge < -0.3 is 5.32 Å². The summed E-state index contributed by atoms with van der Waals surface area (Å²) < 4.78 is 0. The number of urea groups is 1. The van der Waals surface area contributed by atoms with Crippen LogP contribution < -0.4 is 15.1 Å². The van der Waals surface area contributed by atoms with Crippen LogP contribution in [0.25, 0.3) is 0 Å². The predicted molar refractivity (Wildman–Crippen MR) is 139 cm³/mol.